The van der Waals surface area contributed by atoms with Crippen molar-refractivity contribution in [3.8, 4) is 0 Å². The van der Waals surface area contributed by atoms with E-state index >= 15 is 0 Å². The van der Waals surface area contributed by atoms with Crippen molar-refractivity contribution < 1.29 is 9.59 Å². The minimum Gasteiger partial charge on any atom is -0.349 e. The summed E-state index contributed by atoms with van der Waals surface area (Å²) in [5.41, 5.74) is 0. The van der Waals surface area contributed by atoms with Crippen LogP contribution in [-0.2, 0) is 9.59 Å². The first-order valence-corrected chi connectivity index (χ1v) is 4.38. The summed E-state index contributed by atoms with van der Waals surface area (Å²) < 4.78 is 0. The molecule has 1 aliphatic rings. The number of carbonyl (C=O) groups excluding carboxylic acids is 2. The summed E-state index contributed by atoms with van der Waals surface area (Å²) in [5, 5.41) is 5.49. The Kier molecular flexibility index (Phi) is 3.31. The molecule has 1 heterocycles. The number of hydrogen-bond acceptors (Lipinski definition) is 2. The zero-order valence-corrected chi connectivity index (χ0v) is 7.86. The van der Waals surface area contributed by atoms with Crippen LogP contribution in [-0.4, -0.2) is 24.4 Å². The van der Waals surface area contributed by atoms with Crippen LogP contribution in [0.1, 0.15) is 12.8 Å². The second kappa shape index (κ2) is 4.28. The zero-order valence-electron chi connectivity index (χ0n) is 7.10. The molecule has 0 aromatic heterocycles. The topological polar surface area (TPSA) is 58.2 Å². The van der Waals surface area contributed by atoms with Crippen LogP contribution in [0.2, 0.25) is 0 Å². The maximum atomic E-state index is 11.3. The molecule has 0 bridgehead atoms. The Bertz CT molecular complexity index is 253. The van der Waals surface area contributed by atoms with E-state index in [1.807, 2.05) is 0 Å². The molecule has 0 spiro atoms. The standard InChI is InChI=1S/C8H11ClN2O2/c1-5(9)4-10-8(13)6-2-3-7(12)11-6/h6H,1-4H2,(H,10,13)(H,11,12). The lowest BCUT2D eigenvalue weighted by atomic mass is 10.2. The van der Waals surface area contributed by atoms with E-state index in [0.29, 0.717) is 17.9 Å². The molecule has 2 amide bonds. The Morgan fingerprint density at radius 3 is 2.92 bits per heavy atom. The summed E-state index contributed by atoms with van der Waals surface area (Å²) >= 11 is 5.46. The first-order chi connectivity index (χ1) is 6.09. The van der Waals surface area contributed by atoms with Crippen LogP contribution >= 0.6 is 11.6 Å². The van der Waals surface area contributed by atoms with Crippen molar-refractivity contribution >= 4 is 23.4 Å². The largest absolute Gasteiger partial charge is 0.349 e. The Hall–Kier alpha value is -1.03. The Morgan fingerprint density at radius 1 is 1.77 bits per heavy atom. The highest BCUT2D eigenvalue weighted by atomic mass is 35.5. The maximum Gasteiger partial charge on any atom is 0.242 e. The molecule has 72 valence electrons. The molecule has 0 saturated carbocycles. The van der Waals surface area contributed by atoms with Crippen LogP contribution < -0.4 is 10.6 Å². The van der Waals surface area contributed by atoms with Crippen LogP contribution in [0.25, 0.3) is 0 Å². The van der Waals surface area contributed by atoms with Crippen molar-refractivity contribution in [1.29, 1.82) is 0 Å². The highest BCUT2D eigenvalue weighted by Crippen LogP contribution is 2.06. The van der Waals surface area contributed by atoms with Gasteiger partial charge in [0, 0.05) is 11.5 Å². The second-order valence-electron chi connectivity index (χ2n) is 2.89. The van der Waals surface area contributed by atoms with Gasteiger partial charge in [0.1, 0.15) is 6.04 Å². The third kappa shape index (κ3) is 3.06. The summed E-state index contributed by atoms with van der Waals surface area (Å²) in [5.74, 6) is -0.280. The summed E-state index contributed by atoms with van der Waals surface area (Å²) in [6, 6.07) is -0.400. The molecule has 0 aliphatic carbocycles. The van der Waals surface area contributed by atoms with E-state index in [1.165, 1.54) is 0 Å². The molecule has 2 N–H and O–H groups in total. The minimum absolute atomic E-state index is 0.0788. The summed E-state index contributed by atoms with van der Waals surface area (Å²) in [6.45, 7) is 3.67. The Morgan fingerprint density at radius 2 is 2.46 bits per heavy atom. The van der Waals surface area contributed by atoms with E-state index in [4.69, 9.17) is 11.6 Å². The SMILES string of the molecule is C=C(Cl)CNC(=O)C1CCC(=O)N1. The van der Waals surface area contributed by atoms with E-state index in [0.717, 1.165) is 0 Å². The average Bonchev–Trinajstić information content (AvgIpc) is 2.47. The zero-order chi connectivity index (χ0) is 9.84. The molecule has 0 aromatic carbocycles. The van der Waals surface area contributed by atoms with Crippen LogP contribution in [0.3, 0.4) is 0 Å². The van der Waals surface area contributed by atoms with E-state index in [1.54, 1.807) is 0 Å². The van der Waals surface area contributed by atoms with E-state index in [9.17, 15) is 9.59 Å². The molecule has 1 atom stereocenters. The van der Waals surface area contributed by atoms with Gasteiger partial charge in [-0.15, -0.1) is 0 Å². The number of halogens is 1. The van der Waals surface area contributed by atoms with E-state index in [2.05, 4.69) is 17.2 Å². The highest BCUT2D eigenvalue weighted by molar-refractivity contribution is 6.29. The maximum absolute atomic E-state index is 11.3. The smallest absolute Gasteiger partial charge is 0.242 e. The Balaban J connectivity index is 2.31. The normalized spacial score (nSPS) is 21.0. The van der Waals surface area contributed by atoms with Crippen molar-refractivity contribution in [2.75, 3.05) is 6.54 Å². The molecular formula is C8H11ClN2O2. The first-order valence-electron chi connectivity index (χ1n) is 4.00. The van der Waals surface area contributed by atoms with Gasteiger partial charge >= 0.3 is 0 Å². The predicted octanol–water partition coefficient (Wildman–Crippen LogP) is 0.134. The first kappa shape index (κ1) is 10.1. The molecule has 1 unspecified atom stereocenters. The molecule has 4 nitrogen and oxygen atoms in total. The van der Waals surface area contributed by atoms with Crippen LogP contribution in [0.5, 0.6) is 0 Å². The molecule has 1 aliphatic heterocycles. The number of hydrogen-bond donors (Lipinski definition) is 2. The second-order valence-corrected chi connectivity index (χ2v) is 3.43. The van der Waals surface area contributed by atoms with E-state index < -0.39 is 6.04 Å². The van der Waals surface area contributed by atoms with Gasteiger partial charge < -0.3 is 10.6 Å². The third-order valence-corrected chi connectivity index (χ3v) is 1.90. The fourth-order valence-corrected chi connectivity index (χ4v) is 1.18. The molecule has 1 fully saturated rings. The van der Waals surface area contributed by atoms with Crippen LogP contribution in [0, 0.1) is 0 Å². The molecule has 1 saturated heterocycles. The van der Waals surface area contributed by atoms with Crippen molar-refractivity contribution in [2.24, 2.45) is 0 Å². The summed E-state index contributed by atoms with van der Waals surface area (Å²) in [7, 11) is 0. The lowest BCUT2D eigenvalue weighted by molar-refractivity contribution is -0.125. The molecule has 0 aromatic rings. The summed E-state index contributed by atoms with van der Waals surface area (Å²) in [6.07, 6.45) is 0.972. The van der Waals surface area contributed by atoms with E-state index in [-0.39, 0.29) is 18.4 Å². The quantitative estimate of drug-likeness (QED) is 0.684. The molecule has 5 heteroatoms. The van der Waals surface area contributed by atoms with Gasteiger partial charge in [0.15, 0.2) is 0 Å². The minimum atomic E-state index is -0.400. The fourth-order valence-electron chi connectivity index (χ4n) is 1.12. The molecule has 1 rings (SSSR count). The molecule has 0 radical (unpaired) electrons. The van der Waals surface area contributed by atoms with Gasteiger partial charge in [0.25, 0.3) is 0 Å². The monoisotopic (exact) mass is 202 g/mol. The lowest BCUT2D eigenvalue weighted by Crippen LogP contribution is -2.41. The highest BCUT2D eigenvalue weighted by Gasteiger charge is 2.26. The van der Waals surface area contributed by atoms with Crippen molar-refractivity contribution in [2.45, 2.75) is 18.9 Å². The third-order valence-electron chi connectivity index (χ3n) is 1.77. The molecular weight excluding hydrogens is 192 g/mol. The average molecular weight is 203 g/mol. The van der Waals surface area contributed by atoms with Crippen LogP contribution in [0.4, 0.5) is 0 Å². The fraction of sp³-hybridized carbons (Fsp3) is 0.500. The number of rotatable bonds is 3. The number of carbonyl (C=O) groups is 2. The van der Waals surface area contributed by atoms with Crippen LogP contribution in [0.15, 0.2) is 11.6 Å². The van der Waals surface area contributed by atoms with Gasteiger partial charge in [0.05, 0.1) is 6.54 Å². The van der Waals surface area contributed by atoms with Gasteiger partial charge in [-0.3, -0.25) is 9.59 Å². The van der Waals surface area contributed by atoms with Crippen molar-refractivity contribution in [1.82, 2.24) is 10.6 Å². The molecule has 13 heavy (non-hydrogen) atoms. The van der Waals surface area contributed by atoms with Gasteiger partial charge in [0.2, 0.25) is 11.8 Å². The van der Waals surface area contributed by atoms with Crippen molar-refractivity contribution in [3.63, 3.8) is 0 Å². The van der Waals surface area contributed by atoms with Crippen molar-refractivity contribution in [3.05, 3.63) is 11.6 Å². The lowest BCUT2D eigenvalue weighted by Gasteiger charge is -2.09. The van der Waals surface area contributed by atoms with Gasteiger partial charge in [-0.1, -0.05) is 18.2 Å². The van der Waals surface area contributed by atoms with Gasteiger partial charge in [-0.2, -0.15) is 0 Å². The Labute approximate surface area is 81.3 Å². The predicted molar refractivity (Wildman–Crippen MR) is 49.2 cm³/mol. The number of nitrogens with one attached hydrogen (secondary N) is 2. The van der Waals surface area contributed by atoms with Gasteiger partial charge in [-0.05, 0) is 6.42 Å². The van der Waals surface area contributed by atoms with Gasteiger partial charge in [-0.25, -0.2) is 0 Å². The summed E-state index contributed by atoms with van der Waals surface area (Å²) in [4.78, 5) is 22.0. The number of amides is 2.